The molecule has 0 spiro atoms. The number of aryl methyl sites for hydroxylation is 1. The molecule has 84 valence electrons. The number of halogens is 2. The Kier molecular flexibility index (Phi) is 3.10. The summed E-state index contributed by atoms with van der Waals surface area (Å²) in [4.78, 5) is 0. The van der Waals surface area contributed by atoms with Crippen LogP contribution in [-0.4, -0.2) is 9.78 Å². The first-order valence-electron chi connectivity index (χ1n) is 4.83. The molecule has 0 bridgehead atoms. The molecule has 1 N–H and O–H groups in total. The first-order valence-corrected chi connectivity index (χ1v) is 5.21. The van der Waals surface area contributed by atoms with Gasteiger partial charge in [-0.25, -0.2) is 4.39 Å². The molecule has 0 aliphatic rings. The Balaban J connectivity index is 2.14. The number of nitrogens with one attached hydrogen (secondary N) is 1. The Morgan fingerprint density at radius 1 is 1.44 bits per heavy atom. The summed E-state index contributed by atoms with van der Waals surface area (Å²) < 4.78 is 15.1. The molecule has 5 heteroatoms. The van der Waals surface area contributed by atoms with Crippen molar-refractivity contribution in [3.05, 3.63) is 47.0 Å². The summed E-state index contributed by atoms with van der Waals surface area (Å²) in [6.07, 6.45) is 1.69. The van der Waals surface area contributed by atoms with E-state index in [0.717, 1.165) is 5.69 Å². The third kappa shape index (κ3) is 2.17. The fourth-order valence-corrected chi connectivity index (χ4v) is 1.65. The summed E-state index contributed by atoms with van der Waals surface area (Å²) in [5.41, 5.74) is 1.28. The van der Waals surface area contributed by atoms with Gasteiger partial charge in [-0.2, -0.15) is 5.10 Å². The van der Waals surface area contributed by atoms with Crippen LogP contribution in [0, 0.1) is 5.82 Å². The van der Waals surface area contributed by atoms with Crippen LogP contribution >= 0.6 is 11.6 Å². The Hall–Kier alpha value is -1.55. The van der Waals surface area contributed by atoms with E-state index in [1.54, 1.807) is 23.0 Å². The van der Waals surface area contributed by atoms with Crippen LogP contribution in [-0.2, 0) is 13.6 Å². The zero-order valence-electron chi connectivity index (χ0n) is 8.74. The number of benzene rings is 1. The van der Waals surface area contributed by atoms with Crippen LogP contribution in [0.25, 0.3) is 0 Å². The quantitative estimate of drug-likeness (QED) is 0.893. The molecule has 2 aromatic rings. The molecule has 0 atom stereocenters. The molecule has 0 saturated heterocycles. The molecule has 0 radical (unpaired) electrons. The van der Waals surface area contributed by atoms with Crippen LogP contribution < -0.4 is 5.32 Å². The Labute approximate surface area is 97.8 Å². The predicted octanol–water partition coefficient (Wildman–Crippen LogP) is 2.82. The summed E-state index contributed by atoms with van der Waals surface area (Å²) >= 11 is 5.88. The smallest absolute Gasteiger partial charge is 0.147 e. The number of para-hydroxylation sites is 1. The minimum atomic E-state index is -0.352. The second-order valence-corrected chi connectivity index (χ2v) is 3.80. The van der Waals surface area contributed by atoms with Crippen LogP contribution in [0.5, 0.6) is 0 Å². The first-order chi connectivity index (χ1) is 7.68. The summed E-state index contributed by atoms with van der Waals surface area (Å²) in [7, 11) is 1.83. The first kappa shape index (κ1) is 11.0. The van der Waals surface area contributed by atoms with Gasteiger partial charge in [-0.3, -0.25) is 4.68 Å². The normalized spacial score (nSPS) is 10.4. The van der Waals surface area contributed by atoms with E-state index in [2.05, 4.69) is 10.4 Å². The van der Waals surface area contributed by atoms with E-state index in [1.807, 2.05) is 13.1 Å². The van der Waals surface area contributed by atoms with Crippen molar-refractivity contribution >= 4 is 17.3 Å². The fourth-order valence-electron chi connectivity index (χ4n) is 1.42. The fraction of sp³-hybridized carbons (Fsp3) is 0.182. The van der Waals surface area contributed by atoms with Crippen molar-refractivity contribution in [1.29, 1.82) is 0 Å². The molecule has 0 saturated carbocycles. The third-order valence-corrected chi connectivity index (χ3v) is 2.65. The molecule has 0 aliphatic carbocycles. The zero-order chi connectivity index (χ0) is 11.5. The van der Waals surface area contributed by atoms with Crippen LogP contribution in [0.15, 0.2) is 30.5 Å². The van der Waals surface area contributed by atoms with E-state index >= 15 is 0 Å². The summed E-state index contributed by atoms with van der Waals surface area (Å²) in [5, 5.41) is 7.36. The lowest BCUT2D eigenvalue weighted by Crippen LogP contribution is -2.06. The van der Waals surface area contributed by atoms with E-state index in [9.17, 15) is 4.39 Å². The summed E-state index contributed by atoms with van der Waals surface area (Å²) in [5.74, 6) is -0.352. The molecule has 16 heavy (non-hydrogen) atoms. The molecule has 1 aromatic carbocycles. The second kappa shape index (κ2) is 4.53. The molecule has 2 rings (SSSR count). The number of rotatable bonds is 3. The highest BCUT2D eigenvalue weighted by Crippen LogP contribution is 2.24. The van der Waals surface area contributed by atoms with Crippen molar-refractivity contribution in [1.82, 2.24) is 9.78 Å². The van der Waals surface area contributed by atoms with Gasteiger partial charge in [0.2, 0.25) is 0 Å². The molecule has 0 aliphatic heterocycles. The Bertz CT molecular complexity index is 475. The van der Waals surface area contributed by atoms with Gasteiger partial charge in [0.25, 0.3) is 0 Å². The molecule has 0 fully saturated rings. The molecule has 1 heterocycles. The largest absolute Gasteiger partial charge is 0.376 e. The van der Waals surface area contributed by atoms with E-state index in [4.69, 9.17) is 11.6 Å². The van der Waals surface area contributed by atoms with Crippen LogP contribution in [0.1, 0.15) is 5.69 Å². The average Bonchev–Trinajstić information content (AvgIpc) is 2.64. The zero-order valence-corrected chi connectivity index (χ0v) is 9.50. The molecule has 0 unspecified atom stereocenters. The highest BCUT2D eigenvalue weighted by atomic mass is 35.5. The number of hydrogen-bond acceptors (Lipinski definition) is 2. The highest BCUT2D eigenvalue weighted by molar-refractivity contribution is 6.33. The van der Waals surface area contributed by atoms with E-state index in [-0.39, 0.29) is 5.82 Å². The Morgan fingerprint density at radius 3 is 2.88 bits per heavy atom. The SMILES string of the molecule is Cn1nccc1CNc1c(F)cccc1Cl. The summed E-state index contributed by atoms with van der Waals surface area (Å²) in [6, 6.07) is 6.46. The van der Waals surface area contributed by atoms with Gasteiger partial charge in [-0.1, -0.05) is 17.7 Å². The number of nitrogens with zero attached hydrogens (tertiary/aromatic N) is 2. The van der Waals surface area contributed by atoms with Crippen molar-refractivity contribution in [3.63, 3.8) is 0 Å². The standard InChI is InChI=1S/C11H11ClFN3/c1-16-8(5-6-15-16)7-14-11-9(12)3-2-4-10(11)13/h2-6,14H,7H2,1H3. The monoisotopic (exact) mass is 239 g/mol. The van der Waals surface area contributed by atoms with E-state index in [0.29, 0.717) is 17.3 Å². The van der Waals surface area contributed by atoms with E-state index < -0.39 is 0 Å². The third-order valence-electron chi connectivity index (χ3n) is 2.33. The number of anilines is 1. The van der Waals surface area contributed by atoms with Gasteiger partial charge >= 0.3 is 0 Å². The van der Waals surface area contributed by atoms with Crippen LogP contribution in [0.3, 0.4) is 0 Å². The van der Waals surface area contributed by atoms with Crippen LogP contribution in [0.2, 0.25) is 5.02 Å². The maximum atomic E-state index is 13.4. The maximum Gasteiger partial charge on any atom is 0.147 e. The van der Waals surface area contributed by atoms with Crippen molar-refractivity contribution in [2.24, 2.45) is 7.05 Å². The van der Waals surface area contributed by atoms with Crippen molar-refractivity contribution in [2.45, 2.75) is 6.54 Å². The van der Waals surface area contributed by atoms with Crippen molar-refractivity contribution in [2.75, 3.05) is 5.32 Å². The summed E-state index contributed by atoms with van der Waals surface area (Å²) in [6.45, 7) is 0.483. The van der Waals surface area contributed by atoms with Gasteiger partial charge in [0.15, 0.2) is 0 Å². The van der Waals surface area contributed by atoms with E-state index in [1.165, 1.54) is 6.07 Å². The molecule has 0 amide bonds. The number of aromatic nitrogens is 2. The van der Waals surface area contributed by atoms with Gasteiger partial charge < -0.3 is 5.32 Å². The lowest BCUT2D eigenvalue weighted by atomic mass is 10.3. The lowest BCUT2D eigenvalue weighted by molar-refractivity contribution is 0.629. The predicted molar refractivity (Wildman–Crippen MR) is 61.9 cm³/mol. The molecular weight excluding hydrogens is 229 g/mol. The van der Waals surface area contributed by atoms with Crippen LogP contribution in [0.4, 0.5) is 10.1 Å². The van der Waals surface area contributed by atoms with Crippen molar-refractivity contribution in [3.8, 4) is 0 Å². The molecular formula is C11H11ClFN3. The molecule has 1 aromatic heterocycles. The minimum absolute atomic E-state index is 0.324. The Morgan fingerprint density at radius 2 is 2.25 bits per heavy atom. The van der Waals surface area contributed by atoms with Gasteiger partial charge in [0.1, 0.15) is 5.82 Å². The van der Waals surface area contributed by atoms with Crippen molar-refractivity contribution < 1.29 is 4.39 Å². The van der Waals surface area contributed by atoms with Gasteiger partial charge in [-0.05, 0) is 18.2 Å². The van der Waals surface area contributed by atoms with Gasteiger partial charge in [-0.15, -0.1) is 0 Å². The van der Waals surface area contributed by atoms with Gasteiger partial charge in [0, 0.05) is 13.2 Å². The van der Waals surface area contributed by atoms with Gasteiger partial charge in [0.05, 0.1) is 22.9 Å². The highest BCUT2D eigenvalue weighted by Gasteiger charge is 2.06. The second-order valence-electron chi connectivity index (χ2n) is 3.40. The maximum absolute atomic E-state index is 13.4. The number of hydrogen-bond donors (Lipinski definition) is 1. The lowest BCUT2D eigenvalue weighted by Gasteiger charge is -2.09. The average molecular weight is 240 g/mol. The topological polar surface area (TPSA) is 29.9 Å². The minimum Gasteiger partial charge on any atom is -0.376 e. The molecule has 3 nitrogen and oxygen atoms in total.